The summed E-state index contributed by atoms with van der Waals surface area (Å²) < 4.78 is 0. The van der Waals surface area contributed by atoms with Crippen LogP contribution in [0.2, 0.25) is 0 Å². The van der Waals surface area contributed by atoms with E-state index in [1.165, 1.54) is 37.7 Å². The summed E-state index contributed by atoms with van der Waals surface area (Å²) >= 11 is 0. The molecule has 0 amide bonds. The van der Waals surface area contributed by atoms with E-state index in [-0.39, 0.29) is 10.6 Å². The molecule has 21 heavy (non-hydrogen) atoms. The van der Waals surface area contributed by atoms with Crippen molar-refractivity contribution in [1.29, 1.82) is 0 Å². The van der Waals surface area contributed by atoms with Crippen molar-refractivity contribution in [3.63, 3.8) is 0 Å². The Bertz CT molecular complexity index is 488. The Hall–Kier alpha value is -1.68. The molecule has 1 saturated carbocycles. The van der Waals surface area contributed by atoms with E-state index in [1.807, 2.05) is 12.1 Å². The molecule has 1 aliphatic carbocycles. The van der Waals surface area contributed by atoms with E-state index in [1.54, 1.807) is 12.1 Å². The van der Waals surface area contributed by atoms with Gasteiger partial charge in [-0.25, -0.2) is 0 Å². The summed E-state index contributed by atoms with van der Waals surface area (Å²) in [7, 11) is 0. The zero-order valence-corrected chi connectivity index (χ0v) is 12.7. The lowest BCUT2D eigenvalue weighted by molar-refractivity contribution is -0.384. The van der Waals surface area contributed by atoms with E-state index in [4.69, 9.17) is 0 Å². The molecule has 0 spiro atoms. The third kappa shape index (κ3) is 4.67. The maximum absolute atomic E-state index is 10.7. The van der Waals surface area contributed by atoms with Crippen molar-refractivity contribution in [2.75, 3.05) is 13.1 Å². The van der Waals surface area contributed by atoms with Crippen LogP contribution in [-0.2, 0) is 0 Å². The van der Waals surface area contributed by atoms with Gasteiger partial charge < -0.3 is 5.32 Å². The monoisotopic (exact) mass is 288 g/mol. The number of benzene rings is 1. The Morgan fingerprint density at radius 3 is 2.52 bits per heavy atom. The fourth-order valence-corrected chi connectivity index (χ4v) is 2.96. The smallest absolute Gasteiger partial charge is 0.269 e. The molecule has 114 valence electrons. The number of hydrogen-bond acceptors (Lipinski definition) is 3. The lowest BCUT2D eigenvalue weighted by Crippen LogP contribution is -2.22. The molecular formula is C17H24N2O2. The van der Waals surface area contributed by atoms with Crippen LogP contribution in [0.15, 0.2) is 29.8 Å². The molecule has 0 aliphatic heterocycles. The summed E-state index contributed by atoms with van der Waals surface area (Å²) in [5.41, 5.74) is 2.64. The van der Waals surface area contributed by atoms with E-state index in [2.05, 4.69) is 18.3 Å². The molecule has 0 heterocycles. The molecule has 1 fully saturated rings. The van der Waals surface area contributed by atoms with E-state index in [9.17, 15) is 10.1 Å². The Morgan fingerprint density at radius 2 is 1.95 bits per heavy atom. The lowest BCUT2D eigenvalue weighted by Gasteiger charge is -2.25. The summed E-state index contributed by atoms with van der Waals surface area (Å²) in [6, 6.07) is 6.84. The minimum absolute atomic E-state index is 0.151. The molecule has 1 aromatic carbocycles. The second-order valence-corrected chi connectivity index (χ2v) is 5.68. The van der Waals surface area contributed by atoms with Crippen molar-refractivity contribution in [2.45, 2.75) is 39.0 Å². The largest absolute Gasteiger partial charge is 0.313 e. The van der Waals surface area contributed by atoms with E-state index < -0.39 is 0 Å². The highest BCUT2D eigenvalue weighted by atomic mass is 16.6. The normalized spacial score (nSPS) is 16.9. The molecule has 1 aliphatic rings. The number of hydrogen-bond donors (Lipinski definition) is 1. The second-order valence-electron chi connectivity index (χ2n) is 5.68. The van der Waals surface area contributed by atoms with Gasteiger partial charge in [-0.2, -0.15) is 0 Å². The third-order valence-electron chi connectivity index (χ3n) is 4.16. The molecule has 1 N–H and O–H groups in total. The third-order valence-corrected chi connectivity index (χ3v) is 4.16. The number of nitrogens with zero attached hydrogens (tertiary/aromatic N) is 1. The number of non-ortho nitro benzene ring substituents is 1. The number of likely N-dealkylation sites (N-methyl/N-ethyl adjacent to an activating group) is 1. The van der Waals surface area contributed by atoms with Gasteiger partial charge in [0.1, 0.15) is 0 Å². The molecule has 4 heteroatoms. The van der Waals surface area contributed by atoms with Crippen LogP contribution in [0.25, 0.3) is 6.08 Å². The fourth-order valence-electron chi connectivity index (χ4n) is 2.96. The average molecular weight is 288 g/mol. The molecule has 4 nitrogen and oxygen atoms in total. The van der Waals surface area contributed by atoms with Crippen molar-refractivity contribution < 1.29 is 4.92 Å². The number of nitrogens with one attached hydrogen (secondary N) is 1. The minimum atomic E-state index is -0.353. The van der Waals surface area contributed by atoms with Gasteiger partial charge in [-0.15, -0.1) is 0 Å². The van der Waals surface area contributed by atoms with E-state index >= 15 is 0 Å². The summed E-state index contributed by atoms with van der Waals surface area (Å²) in [5, 5.41) is 14.1. The summed E-state index contributed by atoms with van der Waals surface area (Å²) in [6.07, 6.45) is 8.72. The standard InChI is InChI=1S/C17H24N2O2/c1-2-18-13-16(15-6-4-3-5-7-15)12-14-8-10-17(11-9-14)19(20)21/h8-12,15,18H,2-7,13H2,1H3/b16-12-. The van der Waals surface area contributed by atoms with Crippen LogP contribution in [0.5, 0.6) is 0 Å². The van der Waals surface area contributed by atoms with Gasteiger partial charge in [0.05, 0.1) is 4.92 Å². The van der Waals surface area contributed by atoms with Crippen molar-refractivity contribution in [2.24, 2.45) is 5.92 Å². The zero-order valence-electron chi connectivity index (χ0n) is 12.7. The molecule has 0 bridgehead atoms. The molecule has 0 saturated heterocycles. The zero-order chi connectivity index (χ0) is 15.1. The van der Waals surface area contributed by atoms with Crippen LogP contribution in [0.4, 0.5) is 5.69 Å². The van der Waals surface area contributed by atoms with Gasteiger partial charge in [0.2, 0.25) is 0 Å². The molecule has 0 unspecified atom stereocenters. The van der Waals surface area contributed by atoms with Gasteiger partial charge in [-0.1, -0.05) is 37.8 Å². The van der Waals surface area contributed by atoms with Crippen molar-refractivity contribution in [3.05, 3.63) is 45.5 Å². The fraction of sp³-hybridized carbons (Fsp3) is 0.529. The first-order valence-electron chi connectivity index (χ1n) is 7.86. The summed E-state index contributed by atoms with van der Waals surface area (Å²) in [6.45, 7) is 3.99. The van der Waals surface area contributed by atoms with Crippen molar-refractivity contribution in [1.82, 2.24) is 5.32 Å². The molecular weight excluding hydrogens is 264 g/mol. The number of nitro groups is 1. The molecule has 1 aromatic rings. The average Bonchev–Trinajstić information content (AvgIpc) is 2.52. The van der Waals surface area contributed by atoms with Crippen LogP contribution >= 0.6 is 0 Å². The van der Waals surface area contributed by atoms with Crippen LogP contribution in [0.3, 0.4) is 0 Å². The molecule has 0 atom stereocenters. The minimum Gasteiger partial charge on any atom is -0.313 e. The van der Waals surface area contributed by atoms with Crippen molar-refractivity contribution >= 4 is 11.8 Å². The molecule has 0 radical (unpaired) electrons. The maximum atomic E-state index is 10.7. The number of rotatable bonds is 6. The predicted molar refractivity (Wildman–Crippen MR) is 86.2 cm³/mol. The van der Waals surface area contributed by atoms with Crippen LogP contribution in [0.1, 0.15) is 44.6 Å². The first-order valence-corrected chi connectivity index (χ1v) is 7.86. The van der Waals surface area contributed by atoms with Gasteiger partial charge >= 0.3 is 0 Å². The number of nitro benzene ring substituents is 1. The topological polar surface area (TPSA) is 55.2 Å². The van der Waals surface area contributed by atoms with E-state index in [0.717, 1.165) is 18.7 Å². The quantitative estimate of drug-likeness (QED) is 0.631. The molecule has 0 aromatic heterocycles. The Kier molecular flexibility index (Phi) is 5.93. The van der Waals surface area contributed by atoms with Gasteiger partial charge in [0, 0.05) is 18.7 Å². The highest BCUT2D eigenvalue weighted by Crippen LogP contribution is 2.30. The van der Waals surface area contributed by atoms with Crippen LogP contribution in [0, 0.1) is 16.0 Å². The SMILES string of the molecule is CCNC/C(=C/c1ccc([N+](=O)[O-])cc1)C1CCCCC1. The lowest BCUT2D eigenvalue weighted by atomic mass is 9.83. The molecule has 2 rings (SSSR count). The first-order chi connectivity index (χ1) is 10.2. The second kappa shape index (κ2) is 7.93. The maximum Gasteiger partial charge on any atom is 0.269 e. The van der Waals surface area contributed by atoms with Gasteiger partial charge in [0.25, 0.3) is 5.69 Å². The highest BCUT2D eigenvalue weighted by Gasteiger charge is 2.17. The van der Waals surface area contributed by atoms with Gasteiger partial charge in [-0.3, -0.25) is 10.1 Å². The Balaban J connectivity index is 2.15. The summed E-state index contributed by atoms with van der Waals surface area (Å²) in [5.74, 6) is 0.660. The first kappa shape index (κ1) is 15.7. The van der Waals surface area contributed by atoms with Crippen molar-refractivity contribution in [3.8, 4) is 0 Å². The van der Waals surface area contributed by atoms with Crippen LogP contribution < -0.4 is 5.32 Å². The Labute approximate surface area is 126 Å². The summed E-state index contributed by atoms with van der Waals surface area (Å²) in [4.78, 5) is 10.4. The predicted octanol–water partition coefficient (Wildman–Crippen LogP) is 4.17. The Morgan fingerprint density at radius 1 is 1.29 bits per heavy atom. The van der Waals surface area contributed by atoms with E-state index in [0.29, 0.717) is 5.92 Å². The van der Waals surface area contributed by atoms with Gasteiger partial charge in [-0.05, 0) is 43.0 Å². The highest BCUT2D eigenvalue weighted by molar-refractivity contribution is 5.55. The van der Waals surface area contributed by atoms with Crippen LogP contribution in [-0.4, -0.2) is 18.0 Å². The van der Waals surface area contributed by atoms with Gasteiger partial charge in [0.15, 0.2) is 0 Å².